The molecule has 0 radical (unpaired) electrons. The molecular formula is C20H34IN5O. The average Bonchev–Trinajstić information content (AvgIpc) is 2.66. The largest absolute Gasteiger partial charge is 0.368 e. The van der Waals surface area contributed by atoms with Crippen LogP contribution in [0.25, 0.3) is 0 Å². The summed E-state index contributed by atoms with van der Waals surface area (Å²) in [6.45, 7) is 11.5. The molecule has 0 aliphatic carbocycles. The second kappa shape index (κ2) is 12.8. The molecule has 1 aliphatic rings. The standard InChI is InChI=1S/C20H33N5O.HI/c1-4-21-20(22-11-10-17(2)3)23-16-19(26)25-14-12-24(13-15-25)18-8-6-5-7-9-18;/h5-9,17H,4,10-16H2,1-3H3,(H2,21,22,23);1H. The first kappa shape index (κ1) is 23.5. The molecule has 1 saturated heterocycles. The maximum absolute atomic E-state index is 12.5. The molecular weight excluding hydrogens is 453 g/mol. The first-order valence-electron chi connectivity index (χ1n) is 9.70. The van der Waals surface area contributed by atoms with Crippen molar-refractivity contribution < 1.29 is 4.79 Å². The molecule has 7 heteroatoms. The number of benzene rings is 1. The minimum Gasteiger partial charge on any atom is -0.368 e. The smallest absolute Gasteiger partial charge is 0.244 e. The van der Waals surface area contributed by atoms with E-state index in [1.54, 1.807) is 0 Å². The summed E-state index contributed by atoms with van der Waals surface area (Å²) in [5.74, 6) is 1.47. The van der Waals surface area contributed by atoms with Crippen LogP contribution in [0.1, 0.15) is 27.2 Å². The van der Waals surface area contributed by atoms with Crippen LogP contribution in [-0.4, -0.2) is 62.6 Å². The van der Waals surface area contributed by atoms with Gasteiger partial charge in [0.2, 0.25) is 5.91 Å². The van der Waals surface area contributed by atoms with Gasteiger partial charge in [0.05, 0.1) is 0 Å². The van der Waals surface area contributed by atoms with Crippen molar-refractivity contribution in [2.45, 2.75) is 27.2 Å². The molecule has 1 fully saturated rings. The topological polar surface area (TPSA) is 60.0 Å². The second-order valence-corrected chi connectivity index (χ2v) is 7.01. The fourth-order valence-corrected chi connectivity index (χ4v) is 2.92. The van der Waals surface area contributed by atoms with E-state index in [-0.39, 0.29) is 36.4 Å². The van der Waals surface area contributed by atoms with Crippen molar-refractivity contribution in [3.8, 4) is 0 Å². The van der Waals surface area contributed by atoms with Gasteiger partial charge in [0, 0.05) is 45.0 Å². The number of guanidine groups is 1. The van der Waals surface area contributed by atoms with Crippen molar-refractivity contribution in [1.29, 1.82) is 0 Å². The van der Waals surface area contributed by atoms with E-state index in [0.717, 1.165) is 51.6 Å². The van der Waals surface area contributed by atoms with Crippen LogP contribution in [0.4, 0.5) is 5.69 Å². The normalized spacial score (nSPS) is 14.7. The summed E-state index contributed by atoms with van der Waals surface area (Å²) in [5, 5.41) is 6.50. The predicted octanol–water partition coefficient (Wildman–Crippen LogP) is 2.55. The molecule has 0 spiro atoms. The Labute approximate surface area is 180 Å². The van der Waals surface area contributed by atoms with Crippen molar-refractivity contribution in [3.63, 3.8) is 0 Å². The van der Waals surface area contributed by atoms with E-state index in [2.05, 4.69) is 58.6 Å². The van der Waals surface area contributed by atoms with E-state index >= 15 is 0 Å². The second-order valence-electron chi connectivity index (χ2n) is 7.01. The number of nitrogens with zero attached hydrogens (tertiary/aromatic N) is 3. The van der Waals surface area contributed by atoms with Crippen LogP contribution in [-0.2, 0) is 4.79 Å². The molecule has 0 atom stereocenters. The van der Waals surface area contributed by atoms with Gasteiger partial charge in [0.25, 0.3) is 0 Å². The van der Waals surface area contributed by atoms with E-state index in [1.165, 1.54) is 5.69 Å². The molecule has 0 bridgehead atoms. The van der Waals surface area contributed by atoms with Gasteiger partial charge in [-0.1, -0.05) is 32.0 Å². The summed E-state index contributed by atoms with van der Waals surface area (Å²) in [7, 11) is 0. The van der Waals surface area contributed by atoms with Gasteiger partial charge in [-0.25, -0.2) is 4.99 Å². The molecule has 1 aromatic rings. The van der Waals surface area contributed by atoms with Crippen molar-refractivity contribution in [3.05, 3.63) is 30.3 Å². The monoisotopic (exact) mass is 487 g/mol. The third-order valence-electron chi connectivity index (χ3n) is 4.48. The highest BCUT2D eigenvalue weighted by Gasteiger charge is 2.20. The first-order valence-corrected chi connectivity index (χ1v) is 9.70. The van der Waals surface area contributed by atoms with Crippen LogP contribution in [0.15, 0.2) is 35.3 Å². The van der Waals surface area contributed by atoms with Gasteiger partial charge < -0.3 is 20.4 Å². The van der Waals surface area contributed by atoms with E-state index in [0.29, 0.717) is 5.92 Å². The quantitative estimate of drug-likeness (QED) is 0.353. The Balaban J connectivity index is 0.00000364. The van der Waals surface area contributed by atoms with Crippen LogP contribution in [0, 0.1) is 5.92 Å². The predicted molar refractivity (Wildman–Crippen MR) is 124 cm³/mol. The maximum atomic E-state index is 12.5. The third-order valence-corrected chi connectivity index (χ3v) is 4.48. The number of nitrogens with one attached hydrogen (secondary N) is 2. The van der Waals surface area contributed by atoms with Gasteiger partial charge in [-0.15, -0.1) is 24.0 Å². The van der Waals surface area contributed by atoms with Gasteiger partial charge in [-0.05, 0) is 31.4 Å². The number of hydrogen-bond donors (Lipinski definition) is 2. The number of halogens is 1. The molecule has 152 valence electrons. The first-order chi connectivity index (χ1) is 12.6. The fraction of sp³-hybridized carbons (Fsp3) is 0.600. The van der Waals surface area contributed by atoms with Crippen molar-refractivity contribution in [2.75, 3.05) is 50.7 Å². The highest BCUT2D eigenvalue weighted by atomic mass is 127. The molecule has 0 saturated carbocycles. The zero-order chi connectivity index (χ0) is 18.8. The van der Waals surface area contributed by atoms with Crippen LogP contribution in [0.5, 0.6) is 0 Å². The van der Waals surface area contributed by atoms with E-state index in [9.17, 15) is 4.79 Å². The summed E-state index contributed by atoms with van der Waals surface area (Å²) in [4.78, 5) is 21.2. The SMILES string of the molecule is CCNC(=NCC(=O)N1CCN(c2ccccc2)CC1)NCCC(C)C.I. The Bertz CT molecular complexity index is 571. The highest BCUT2D eigenvalue weighted by molar-refractivity contribution is 14.0. The zero-order valence-electron chi connectivity index (χ0n) is 16.8. The lowest BCUT2D eigenvalue weighted by Gasteiger charge is -2.36. The number of amides is 1. The molecule has 27 heavy (non-hydrogen) atoms. The number of rotatable bonds is 7. The van der Waals surface area contributed by atoms with Crippen molar-refractivity contribution >= 4 is 41.5 Å². The lowest BCUT2D eigenvalue weighted by molar-refractivity contribution is -0.129. The summed E-state index contributed by atoms with van der Waals surface area (Å²) in [6, 6.07) is 10.4. The summed E-state index contributed by atoms with van der Waals surface area (Å²) >= 11 is 0. The average molecular weight is 487 g/mol. The number of carbonyl (C=O) groups is 1. The fourth-order valence-electron chi connectivity index (χ4n) is 2.92. The molecule has 0 aromatic heterocycles. The van der Waals surface area contributed by atoms with Crippen molar-refractivity contribution in [2.24, 2.45) is 10.9 Å². The zero-order valence-corrected chi connectivity index (χ0v) is 19.1. The number of para-hydroxylation sites is 1. The maximum Gasteiger partial charge on any atom is 0.244 e. The van der Waals surface area contributed by atoms with Gasteiger partial charge >= 0.3 is 0 Å². The Morgan fingerprint density at radius 3 is 2.37 bits per heavy atom. The van der Waals surface area contributed by atoms with E-state index in [4.69, 9.17) is 0 Å². The minimum absolute atomic E-state index is 0. The van der Waals surface area contributed by atoms with Crippen LogP contribution < -0.4 is 15.5 Å². The molecule has 1 aliphatic heterocycles. The Morgan fingerprint density at radius 1 is 1.11 bits per heavy atom. The number of hydrogen-bond acceptors (Lipinski definition) is 3. The van der Waals surface area contributed by atoms with Crippen LogP contribution >= 0.6 is 24.0 Å². The lowest BCUT2D eigenvalue weighted by atomic mass is 10.1. The van der Waals surface area contributed by atoms with Gasteiger partial charge in [-0.2, -0.15) is 0 Å². The van der Waals surface area contributed by atoms with Gasteiger partial charge in [-0.3, -0.25) is 4.79 Å². The van der Waals surface area contributed by atoms with Gasteiger partial charge in [0.15, 0.2) is 5.96 Å². The number of piperazine rings is 1. The molecule has 2 rings (SSSR count). The number of anilines is 1. The summed E-state index contributed by atoms with van der Waals surface area (Å²) in [6.07, 6.45) is 1.08. The summed E-state index contributed by atoms with van der Waals surface area (Å²) < 4.78 is 0. The minimum atomic E-state index is 0. The molecule has 2 N–H and O–H groups in total. The van der Waals surface area contributed by atoms with Crippen LogP contribution in [0.2, 0.25) is 0 Å². The Morgan fingerprint density at radius 2 is 1.78 bits per heavy atom. The highest BCUT2D eigenvalue weighted by Crippen LogP contribution is 2.15. The third kappa shape index (κ3) is 8.36. The van der Waals surface area contributed by atoms with Gasteiger partial charge in [0.1, 0.15) is 6.54 Å². The molecule has 6 nitrogen and oxygen atoms in total. The van der Waals surface area contributed by atoms with Crippen molar-refractivity contribution in [1.82, 2.24) is 15.5 Å². The molecule has 1 amide bonds. The van der Waals surface area contributed by atoms with Crippen LogP contribution in [0.3, 0.4) is 0 Å². The molecule has 0 unspecified atom stereocenters. The Kier molecular flexibility index (Phi) is 11.2. The molecule has 1 aromatic carbocycles. The van der Waals surface area contributed by atoms with E-state index < -0.39 is 0 Å². The number of carbonyl (C=O) groups excluding carboxylic acids is 1. The number of aliphatic imine (C=N–C) groups is 1. The molecule has 1 heterocycles. The Hall–Kier alpha value is -1.51. The lowest BCUT2D eigenvalue weighted by Crippen LogP contribution is -2.49. The van der Waals surface area contributed by atoms with E-state index in [1.807, 2.05) is 17.9 Å². The summed E-state index contributed by atoms with van der Waals surface area (Å²) in [5.41, 5.74) is 1.22.